The molecule has 1 aromatic rings. The molecule has 1 amide bonds. The molecule has 1 atom stereocenters. The Bertz CT molecular complexity index is 533. The molecule has 1 aliphatic carbocycles. The molecule has 1 saturated carbocycles. The van der Waals surface area contributed by atoms with E-state index in [1.165, 1.54) is 64.5 Å². The van der Waals surface area contributed by atoms with E-state index in [0.717, 1.165) is 12.1 Å². The van der Waals surface area contributed by atoms with Crippen molar-refractivity contribution >= 4 is 5.91 Å². The van der Waals surface area contributed by atoms with E-state index in [1.807, 2.05) is 30.3 Å². The molecule has 2 aliphatic rings. The monoisotopic (exact) mass is 343 g/mol. The van der Waals surface area contributed by atoms with Crippen molar-refractivity contribution in [1.82, 2.24) is 10.2 Å². The van der Waals surface area contributed by atoms with Crippen molar-refractivity contribution in [1.29, 1.82) is 0 Å². The highest BCUT2D eigenvalue weighted by Crippen LogP contribution is 2.35. The molecular formula is C21H33N3O. The van der Waals surface area contributed by atoms with Gasteiger partial charge in [0.25, 0.3) is 0 Å². The van der Waals surface area contributed by atoms with Gasteiger partial charge in [-0.3, -0.25) is 9.69 Å². The minimum absolute atomic E-state index is 0.0793. The lowest BCUT2D eigenvalue weighted by Crippen LogP contribution is -2.58. The summed E-state index contributed by atoms with van der Waals surface area (Å²) in [6.07, 6.45) is 10.3. The second-order valence-corrected chi connectivity index (χ2v) is 7.75. The molecule has 1 saturated heterocycles. The normalized spacial score (nSPS) is 22.3. The third-order valence-electron chi connectivity index (χ3n) is 6.16. The molecule has 0 aromatic heterocycles. The second kappa shape index (κ2) is 8.81. The zero-order chi connectivity index (χ0) is 17.5. The standard InChI is InChI=1S/C21H33N3O/c22-16-19(18-10-4-1-5-11-18)20(25)23-17-21(12-6-2-7-13-21)24-14-8-3-9-15-24/h1,4-5,10-11,19H,2-3,6-9,12-17,22H2,(H,23,25). The van der Waals surface area contributed by atoms with Crippen LogP contribution in [-0.2, 0) is 4.79 Å². The van der Waals surface area contributed by atoms with E-state index in [0.29, 0.717) is 6.54 Å². The van der Waals surface area contributed by atoms with Gasteiger partial charge < -0.3 is 11.1 Å². The maximum Gasteiger partial charge on any atom is 0.228 e. The first-order chi connectivity index (χ1) is 12.2. The Morgan fingerprint density at radius 1 is 1.04 bits per heavy atom. The van der Waals surface area contributed by atoms with Crippen LogP contribution in [0.3, 0.4) is 0 Å². The first-order valence-corrected chi connectivity index (χ1v) is 10.0. The minimum atomic E-state index is -0.247. The lowest BCUT2D eigenvalue weighted by molar-refractivity contribution is -0.123. The van der Waals surface area contributed by atoms with Crippen LogP contribution in [0, 0.1) is 0 Å². The number of hydrogen-bond acceptors (Lipinski definition) is 3. The summed E-state index contributed by atoms with van der Waals surface area (Å²) in [7, 11) is 0. The molecule has 1 unspecified atom stereocenters. The number of nitrogens with zero attached hydrogens (tertiary/aromatic N) is 1. The van der Waals surface area contributed by atoms with Crippen molar-refractivity contribution in [2.75, 3.05) is 26.2 Å². The van der Waals surface area contributed by atoms with Gasteiger partial charge in [-0.1, -0.05) is 56.0 Å². The predicted molar refractivity (Wildman–Crippen MR) is 102 cm³/mol. The average molecular weight is 344 g/mol. The Kier molecular flexibility index (Phi) is 6.49. The molecule has 0 bridgehead atoms. The van der Waals surface area contributed by atoms with E-state index < -0.39 is 0 Å². The van der Waals surface area contributed by atoms with Crippen molar-refractivity contribution in [3.63, 3.8) is 0 Å². The number of likely N-dealkylation sites (tertiary alicyclic amines) is 1. The fourth-order valence-electron chi connectivity index (χ4n) is 4.64. The summed E-state index contributed by atoms with van der Waals surface area (Å²) in [5, 5.41) is 3.28. The van der Waals surface area contributed by atoms with Crippen LogP contribution in [0.5, 0.6) is 0 Å². The number of nitrogens with one attached hydrogen (secondary N) is 1. The Hall–Kier alpha value is -1.39. The summed E-state index contributed by atoms with van der Waals surface area (Å²) in [5.74, 6) is -0.168. The van der Waals surface area contributed by atoms with Gasteiger partial charge in [0.2, 0.25) is 5.91 Å². The van der Waals surface area contributed by atoms with Crippen molar-refractivity contribution in [3.8, 4) is 0 Å². The molecule has 1 aromatic carbocycles. The zero-order valence-corrected chi connectivity index (χ0v) is 15.4. The number of amides is 1. The Labute approximate surface area is 152 Å². The minimum Gasteiger partial charge on any atom is -0.354 e. The molecule has 138 valence electrons. The third kappa shape index (κ3) is 4.42. The van der Waals surface area contributed by atoms with Gasteiger partial charge in [-0.15, -0.1) is 0 Å². The van der Waals surface area contributed by atoms with E-state index >= 15 is 0 Å². The van der Waals surface area contributed by atoms with Crippen LogP contribution in [0.15, 0.2) is 30.3 Å². The topological polar surface area (TPSA) is 58.4 Å². The van der Waals surface area contributed by atoms with Crippen molar-refractivity contribution in [3.05, 3.63) is 35.9 Å². The summed E-state index contributed by atoms with van der Waals surface area (Å²) < 4.78 is 0. The second-order valence-electron chi connectivity index (χ2n) is 7.75. The molecule has 3 rings (SSSR count). The molecule has 4 nitrogen and oxygen atoms in total. The summed E-state index contributed by atoms with van der Waals surface area (Å²) in [5.41, 5.74) is 7.10. The molecule has 4 heteroatoms. The van der Waals surface area contributed by atoms with Gasteiger partial charge in [0.15, 0.2) is 0 Å². The van der Waals surface area contributed by atoms with E-state index in [2.05, 4.69) is 10.2 Å². The van der Waals surface area contributed by atoms with Gasteiger partial charge in [0, 0.05) is 18.6 Å². The number of benzene rings is 1. The molecular weight excluding hydrogens is 310 g/mol. The van der Waals surface area contributed by atoms with Gasteiger partial charge in [-0.05, 0) is 44.3 Å². The van der Waals surface area contributed by atoms with Crippen LogP contribution in [0.25, 0.3) is 0 Å². The lowest BCUT2D eigenvalue weighted by atomic mass is 9.79. The van der Waals surface area contributed by atoms with E-state index in [4.69, 9.17) is 5.73 Å². The summed E-state index contributed by atoms with van der Waals surface area (Å²) in [6.45, 7) is 3.51. The van der Waals surface area contributed by atoms with Crippen molar-refractivity contribution < 1.29 is 4.79 Å². The Balaban J connectivity index is 1.66. The number of carbonyl (C=O) groups is 1. The van der Waals surface area contributed by atoms with Crippen LogP contribution in [0.1, 0.15) is 62.8 Å². The SMILES string of the molecule is NCC(C(=O)NCC1(N2CCCCC2)CCCCC1)c1ccccc1. The van der Waals surface area contributed by atoms with Crippen LogP contribution in [0.2, 0.25) is 0 Å². The maximum absolute atomic E-state index is 12.8. The van der Waals surface area contributed by atoms with E-state index in [9.17, 15) is 4.79 Å². The molecule has 1 heterocycles. The highest BCUT2D eigenvalue weighted by Gasteiger charge is 2.38. The first-order valence-electron chi connectivity index (χ1n) is 10.0. The van der Waals surface area contributed by atoms with Crippen LogP contribution >= 0.6 is 0 Å². The molecule has 2 fully saturated rings. The van der Waals surface area contributed by atoms with Gasteiger partial charge in [-0.25, -0.2) is 0 Å². The molecule has 0 radical (unpaired) electrons. The van der Waals surface area contributed by atoms with Gasteiger partial charge in [-0.2, -0.15) is 0 Å². The van der Waals surface area contributed by atoms with E-state index in [1.54, 1.807) is 0 Å². The van der Waals surface area contributed by atoms with Gasteiger partial charge in [0.1, 0.15) is 0 Å². The van der Waals surface area contributed by atoms with Gasteiger partial charge in [0.05, 0.1) is 5.92 Å². The molecule has 0 spiro atoms. The number of hydrogen-bond donors (Lipinski definition) is 2. The Morgan fingerprint density at radius 3 is 2.32 bits per heavy atom. The first kappa shape index (κ1) is 18.4. The highest BCUT2D eigenvalue weighted by molar-refractivity contribution is 5.84. The smallest absolute Gasteiger partial charge is 0.228 e. The fourth-order valence-corrected chi connectivity index (χ4v) is 4.64. The molecule has 1 aliphatic heterocycles. The lowest BCUT2D eigenvalue weighted by Gasteiger charge is -2.48. The number of piperidine rings is 1. The quantitative estimate of drug-likeness (QED) is 0.835. The average Bonchev–Trinajstić information content (AvgIpc) is 2.69. The zero-order valence-electron chi connectivity index (χ0n) is 15.4. The van der Waals surface area contributed by atoms with Gasteiger partial charge >= 0.3 is 0 Å². The Morgan fingerprint density at radius 2 is 1.68 bits per heavy atom. The summed E-state index contributed by atoms with van der Waals surface area (Å²) in [6, 6.07) is 9.92. The summed E-state index contributed by atoms with van der Waals surface area (Å²) >= 11 is 0. The predicted octanol–water partition coefficient (Wildman–Crippen LogP) is 3.03. The van der Waals surface area contributed by atoms with Crippen LogP contribution in [0.4, 0.5) is 0 Å². The number of nitrogens with two attached hydrogens (primary N) is 1. The van der Waals surface area contributed by atoms with Crippen molar-refractivity contribution in [2.24, 2.45) is 5.73 Å². The van der Waals surface area contributed by atoms with Crippen LogP contribution < -0.4 is 11.1 Å². The van der Waals surface area contributed by atoms with E-state index in [-0.39, 0.29) is 17.4 Å². The fraction of sp³-hybridized carbons (Fsp3) is 0.667. The number of carbonyl (C=O) groups excluding carboxylic acids is 1. The maximum atomic E-state index is 12.8. The highest BCUT2D eigenvalue weighted by atomic mass is 16.1. The largest absolute Gasteiger partial charge is 0.354 e. The van der Waals surface area contributed by atoms with Crippen LogP contribution in [-0.4, -0.2) is 42.5 Å². The third-order valence-corrected chi connectivity index (χ3v) is 6.16. The molecule has 25 heavy (non-hydrogen) atoms. The molecule has 3 N–H and O–H groups in total. The number of rotatable bonds is 6. The summed E-state index contributed by atoms with van der Waals surface area (Å²) in [4.78, 5) is 15.5. The van der Waals surface area contributed by atoms with Crippen molar-refractivity contribution in [2.45, 2.75) is 62.8 Å².